The summed E-state index contributed by atoms with van der Waals surface area (Å²) in [4.78, 5) is 38.7. The van der Waals surface area contributed by atoms with Gasteiger partial charge < -0.3 is 15.0 Å². The lowest BCUT2D eigenvalue weighted by Crippen LogP contribution is -2.54. The maximum Gasteiger partial charge on any atom is 0.328 e. The lowest BCUT2D eigenvalue weighted by Gasteiger charge is -2.29. The molecule has 0 aromatic heterocycles. The third-order valence-corrected chi connectivity index (χ3v) is 4.74. The number of esters is 1. The minimum absolute atomic E-state index is 0.0675. The van der Waals surface area contributed by atoms with E-state index < -0.39 is 18.1 Å². The van der Waals surface area contributed by atoms with Crippen molar-refractivity contribution in [3.8, 4) is 0 Å². The first-order valence-electron chi connectivity index (χ1n) is 9.15. The normalized spacial score (nSPS) is 17.8. The molecule has 6 nitrogen and oxygen atoms in total. The monoisotopic (exact) mass is 360 g/mol. The van der Waals surface area contributed by atoms with Crippen molar-refractivity contribution in [1.82, 2.24) is 10.2 Å². The first-order valence-corrected chi connectivity index (χ1v) is 9.15. The Bertz CT molecular complexity index is 630. The number of aryl methyl sites for hydroxylation is 1. The van der Waals surface area contributed by atoms with E-state index in [1.807, 2.05) is 44.2 Å². The molecule has 0 saturated carbocycles. The van der Waals surface area contributed by atoms with Gasteiger partial charge in [-0.05, 0) is 30.7 Å². The maximum atomic E-state index is 12.9. The number of carbonyl (C=O) groups is 3. The van der Waals surface area contributed by atoms with Crippen molar-refractivity contribution in [2.45, 2.75) is 51.6 Å². The van der Waals surface area contributed by atoms with Crippen molar-refractivity contribution in [2.75, 3.05) is 13.7 Å². The predicted molar refractivity (Wildman–Crippen MR) is 98.3 cm³/mol. The van der Waals surface area contributed by atoms with E-state index >= 15 is 0 Å². The van der Waals surface area contributed by atoms with E-state index in [9.17, 15) is 14.4 Å². The number of nitrogens with zero attached hydrogens (tertiary/aromatic N) is 1. The third kappa shape index (κ3) is 5.07. The van der Waals surface area contributed by atoms with Crippen molar-refractivity contribution in [3.63, 3.8) is 0 Å². The Labute approximate surface area is 154 Å². The number of likely N-dealkylation sites (tertiary alicyclic amines) is 1. The largest absolute Gasteiger partial charge is 0.467 e. The molecule has 26 heavy (non-hydrogen) atoms. The number of benzene rings is 1. The number of amides is 2. The molecular formula is C20H28N2O4. The smallest absolute Gasteiger partial charge is 0.328 e. The Morgan fingerprint density at radius 3 is 2.54 bits per heavy atom. The van der Waals surface area contributed by atoms with E-state index in [0.717, 1.165) is 12.0 Å². The summed E-state index contributed by atoms with van der Waals surface area (Å²) in [6.07, 6.45) is 2.31. The third-order valence-electron chi connectivity index (χ3n) is 4.74. The minimum atomic E-state index is -0.636. The Morgan fingerprint density at radius 2 is 1.92 bits per heavy atom. The molecule has 1 aliphatic heterocycles. The van der Waals surface area contributed by atoms with E-state index in [0.29, 0.717) is 25.8 Å². The van der Waals surface area contributed by atoms with Crippen LogP contribution in [0.3, 0.4) is 0 Å². The fourth-order valence-corrected chi connectivity index (χ4v) is 3.25. The Morgan fingerprint density at radius 1 is 1.23 bits per heavy atom. The van der Waals surface area contributed by atoms with Gasteiger partial charge in [0.1, 0.15) is 12.1 Å². The van der Waals surface area contributed by atoms with Crippen molar-refractivity contribution in [1.29, 1.82) is 0 Å². The van der Waals surface area contributed by atoms with E-state index in [1.54, 1.807) is 4.90 Å². The number of nitrogens with one attached hydrogen (secondary N) is 1. The van der Waals surface area contributed by atoms with E-state index in [-0.39, 0.29) is 17.7 Å². The average molecular weight is 360 g/mol. The molecule has 1 heterocycles. The molecule has 2 amide bonds. The fraction of sp³-hybridized carbons (Fsp3) is 0.550. The molecule has 1 aromatic rings. The van der Waals surface area contributed by atoms with Crippen LogP contribution in [-0.4, -0.2) is 48.4 Å². The summed E-state index contributed by atoms with van der Waals surface area (Å²) in [5, 5.41) is 2.86. The van der Waals surface area contributed by atoms with Gasteiger partial charge in [0.25, 0.3) is 0 Å². The number of ether oxygens (including phenoxy) is 1. The van der Waals surface area contributed by atoms with Gasteiger partial charge in [-0.25, -0.2) is 4.79 Å². The van der Waals surface area contributed by atoms with Gasteiger partial charge in [-0.2, -0.15) is 0 Å². The van der Waals surface area contributed by atoms with Crippen LogP contribution in [0, 0.1) is 5.92 Å². The highest BCUT2D eigenvalue weighted by Gasteiger charge is 2.39. The van der Waals surface area contributed by atoms with Crippen LogP contribution >= 0.6 is 0 Å². The van der Waals surface area contributed by atoms with E-state index in [2.05, 4.69) is 5.32 Å². The summed E-state index contributed by atoms with van der Waals surface area (Å²) >= 11 is 0. The van der Waals surface area contributed by atoms with Gasteiger partial charge in [0.05, 0.1) is 7.11 Å². The molecule has 2 atom stereocenters. The zero-order chi connectivity index (χ0) is 19.1. The Kier molecular flexibility index (Phi) is 7.18. The Balaban J connectivity index is 1.97. The zero-order valence-electron chi connectivity index (χ0n) is 15.7. The molecule has 0 unspecified atom stereocenters. The van der Waals surface area contributed by atoms with Crippen LogP contribution in [0.15, 0.2) is 30.3 Å². The second-order valence-electron chi connectivity index (χ2n) is 6.99. The van der Waals surface area contributed by atoms with Crippen molar-refractivity contribution >= 4 is 17.8 Å². The molecule has 142 valence electrons. The summed E-state index contributed by atoms with van der Waals surface area (Å²) in [7, 11) is 1.33. The van der Waals surface area contributed by atoms with Gasteiger partial charge in [-0.3, -0.25) is 9.59 Å². The van der Waals surface area contributed by atoms with Gasteiger partial charge in [-0.1, -0.05) is 44.2 Å². The van der Waals surface area contributed by atoms with E-state index in [1.165, 1.54) is 7.11 Å². The number of methoxy groups -OCH3 is 1. The number of rotatable bonds is 7. The van der Waals surface area contributed by atoms with Gasteiger partial charge in [0, 0.05) is 13.0 Å². The highest BCUT2D eigenvalue weighted by atomic mass is 16.5. The van der Waals surface area contributed by atoms with Crippen LogP contribution < -0.4 is 5.32 Å². The topological polar surface area (TPSA) is 75.7 Å². The zero-order valence-corrected chi connectivity index (χ0v) is 15.7. The fourth-order valence-electron chi connectivity index (χ4n) is 3.25. The molecule has 1 fully saturated rings. The number of carbonyl (C=O) groups excluding carboxylic acids is 3. The predicted octanol–water partition coefficient (Wildman–Crippen LogP) is 1.92. The summed E-state index contributed by atoms with van der Waals surface area (Å²) < 4.78 is 4.80. The van der Waals surface area contributed by atoms with Gasteiger partial charge in [-0.15, -0.1) is 0 Å². The minimum Gasteiger partial charge on any atom is -0.467 e. The highest BCUT2D eigenvalue weighted by molar-refractivity contribution is 5.91. The molecule has 6 heteroatoms. The summed E-state index contributed by atoms with van der Waals surface area (Å²) in [5.74, 6) is -0.827. The summed E-state index contributed by atoms with van der Waals surface area (Å²) in [6, 6.07) is 8.58. The van der Waals surface area contributed by atoms with Crippen LogP contribution in [0.25, 0.3) is 0 Å². The lowest BCUT2D eigenvalue weighted by molar-refractivity contribution is -0.152. The average Bonchev–Trinajstić information content (AvgIpc) is 3.13. The first kappa shape index (κ1) is 19.9. The molecule has 0 spiro atoms. The summed E-state index contributed by atoms with van der Waals surface area (Å²) in [5.41, 5.74) is 1.08. The van der Waals surface area contributed by atoms with Crippen molar-refractivity contribution in [2.24, 2.45) is 5.92 Å². The number of hydrogen-bond donors (Lipinski definition) is 1. The molecule has 1 aromatic carbocycles. The molecule has 1 aliphatic rings. The molecule has 1 N–H and O–H groups in total. The second kappa shape index (κ2) is 9.36. The van der Waals surface area contributed by atoms with Crippen LogP contribution in [0.2, 0.25) is 0 Å². The maximum absolute atomic E-state index is 12.9. The molecule has 0 bridgehead atoms. The van der Waals surface area contributed by atoms with E-state index in [4.69, 9.17) is 4.74 Å². The van der Waals surface area contributed by atoms with Gasteiger partial charge in [0.2, 0.25) is 11.8 Å². The lowest BCUT2D eigenvalue weighted by atomic mass is 10.0. The van der Waals surface area contributed by atoms with Crippen LogP contribution in [0.5, 0.6) is 0 Å². The molecular weight excluding hydrogens is 332 g/mol. The Hall–Kier alpha value is -2.37. The molecule has 1 saturated heterocycles. The van der Waals surface area contributed by atoms with Crippen LogP contribution in [-0.2, 0) is 25.5 Å². The van der Waals surface area contributed by atoms with Crippen LogP contribution in [0.1, 0.15) is 38.7 Å². The van der Waals surface area contributed by atoms with Gasteiger partial charge >= 0.3 is 5.97 Å². The highest BCUT2D eigenvalue weighted by Crippen LogP contribution is 2.21. The standard InChI is InChI=1S/C20H28N2O4/c1-14(2)18(19(24)22-13-7-10-16(22)20(25)26-3)21-17(23)12-11-15-8-5-4-6-9-15/h4-6,8-9,14,16,18H,7,10-13H2,1-3H3,(H,21,23)/t16-,18-/m0/s1. The van der Waals surface area contributed by atoms with Gasteiger partial charge in [0.15, 0.2) is 0 Å². The second-order valence-corrected chi connectivity index (χ2v) is 6.99. The van der Waals surface area contributed by atoms with Crippen molar-refractivity contribution < 1.29 is 19.1 Å². The van der Waals surface area contributed by atoms with Crippen molar-refractivity contribution in [3.05, 3.63) is 35.9 Å². The number of hydrogen-bond acceptors (Lipinski definition) is 4. The SMILES string of the molecule is COC(=O)[C@@H]1CCCN1C(=O)[C@@H](NC(=O)CCc1ccccc1)C(C)C. The summed E-state index contributed by atoms with van der Waals surface area (Å²) in [6.45, 7) is 4.30. The molecule has 2 rings (SSSR count). The van der Waals surface area contributed by atoms with Crippen LogP contribution in [0.4, 0.5) is 0 Å². The molecule has 0 radical (unpaired) electrons. The quantitative estimate of drug-likeness (QED) is 0.754. The molecule has 0 aliphatic carbocycles. The first-order chi connectivity index (χ1) is 12.4.